The third kappa shape index (κ3) is 5.03. The topological polar surface area (TPSA) is 85.9 Å². The summed E-state index contributed by atoms with van der Waals surface area (Å²) in [7, 11) is 1.58. The number of carbonyl (C=O) groups excluding carboxylic acids is 1. The molecule has 2 rings (SSSR count). The molecule has 0 unspecified atom stereocenters. The number of methoxy groups -OCH3 is 1. The first-order chi connectivity index (χ1) is 11.1. The Balaban J connectivity index is 2.10. The van der Waals surface area contributed by atoms with Crippen LogP contribution < -0.4 is 20.6 Å². The zero-order valence-electron chi connectivity index (χ0n) is 13.1. The fraction of sp³-hybridized carbons (Fsp3) is 0.176. The van der Waals surface area contributed by atoms with E-state index in [1.807, 2.05) is 31.2 Å². The van der Waals surface area contributed by atoms with Crippen molar-refractivity contribution in [1.29, 1.82) is 0 Å². The Kier molecular flexibility index (Phi) is 5.57. The summed E-state index contributed by atoms with van der Waals surface area (Å²) in [4.78, 5) is 10.6. The van der Waals surface area contributed by atoms with Crippen LogP contribution in [0, 0.1) is 6.92 Å². The molecule has 0 radical (unpaired) electrons. The molecule has 0 aliphatic heterocycles. The fourth-order valence-corrected chi connectivity index (χ4v) is 1.90. The minimum absolute atomic E-state index is 0.427. The number of amides is 2. The van der Waals surface area contributed by atoms with E-state index >= 15 is 0 Å². The number of hydrazone groups is 1. The standard InChI is InChI=1S/C17H19N3O3/c1-12-3-5-13(6-4-12)11-23-16-9-14(7-8-15(16)22-2)10-19-20-17(18)21/h3-10H,11H2,1-2H3,(H3,18,20,21)/b19-10-. The number of primary amides is 1. The second kappa shape index (κ2) is 7.84. The predicted octanol–water partition coefficient (Wildman–Crippen LogP) is 2.58. The normalized spacial score (nSPS) is 10.5. The summed E-state index contributed by atoms with van der Waals surface area (Å²) in [5.74, 6) is 1.22. The molecule has 2 aromatic carbocycles. The molecule has 6 nitrogen and oxygen atoms in total. The summed E-state index contributed by atoms with van der Waals surface area (Å²) >= 11 is 0. The van der Waals surface area contributed by atoms with Gasteiger partial charge < -0.3 is 15.2 Å². The van der Waals surface area contributed by atoms with Gasteiger partial charge in [0.05, 0.1) is 13.3 Å². The van der Waals surface area contributed by atoms with Crippen molar-refractivity contribution in [2.45, 2.75) is 13.5 Å². The molecule has 0 heterocycles. The van der Waals surface area contributed by atoms with Gasteiger partial charge in [-0.25, -0.2) is 10.2 Å². The lowest BCUT2D eigenvalue weighted by Crippen LogP contribution is -2.24. The maximum absolute atomic E-state index is 10.6. The number of nitrogens with one attached hydrogen (secondary N) is 1. The van der Waals surface area contributed by atoms with Crippen molar-refractivity contribution in [3.05, 3.63) is 59.2 Å². The Bertz CT molecular complexity index is 697. The first kappa shape index (κ1) is 16.4. The van der Waals surface area contributed by atoms with E-state index in [9.17, 15) is 4.79 Å². The van der Waals surface area contributed by atoms with Crippen molar-refractivity contribution in [1.82, 2.24) is 5.43 Å². The molecule has 0 aliphatic rings. The molecule has 0 atom stereocenters. The smallest absolute Gasteiger partial charge is 0.332 e. The van der Waals surface area contributed by atoms with Crippen molar-refractivity contribution in [3.63, 3.8) is 0 Å². The average molecular weight is 313 g/mol. The lowest BCUT2D eigenvalue weighted by Gasteiger charge is -2.11. The van der Waals surface area contributed by atoms with Crippen LogP contribution in [0.1, 0.15) is 16.7 Å². The van der Waals surface area contributed by atoms with E-state index in [1.54, 1.807) is 25.3 Å². The van der Waals surface area contributed by atoms with Crippen LogP contribution >= 0.6 is 0 Å². The molecular formula is C17H19N3O3. The van der Waals surface area contributed by atoms with Gasteiger partial charge in [0.1, 0.15) is 6.61 Å². The summed E-state index contributed by atoms with van der Waals surface area (Å²) in [5.41, 5.74) is 10.1. The van der Waals surface area contributed by atoms with Crippen LogP contribution in [0.3, 0.4) is 0 Å². The molecule has 120 valence electrons. The van der Waals surface area contributed by atoms with Crippen LogP contribution in [0.25, 0.3) is 0 Å². The molecule has 6 heteroatoms. The molecule has 23 heavy (non-hydrogen) atoms. The van der Waals surface area contributed by atoms with Gasteiger partial charge in [-0.3, -0.25) is 0 Å². The van der Waals surface area contributed by atoms with Gasteiger partial charge in [0, 0.05) is 0 Å². The van der Waals surface area contributed by atoms with Gasteiger partial charge in [-0.15, -0.1) is 0 Å². The molecule has 0 bridgehead atoms. The molecule has 0 saturated heterocycles. The van der Waals surface area contributed by atoms with E-state index in [2.05, 4.69) is 10.5 Å². The molecule has 0 aromatic heterocycles. The van der Waals surface area contributed by atoms with Gasteiger partial charge in [-0.2, -0.15) is 5.10 Å². The molecule has 2 amide bonds. The predicted molar refractivity (Wildman–Crippen MR) is 88.8 cm³/mol. The van der Waals surface area contributed by atoms with Gasteiger partial charge in [0.25, 0.3) is 0 Å². The van der Waals surface area contributed by atoms with E-state index in [4.69, 9.17) is 15.2 Å². The largest absolute Gasteiger partial charge is 0.493 e. The maximum Gasteiger partial charge on any atom is 0.332 e. The molecule has 2 aromatic rings. The maximum atomic E-state index is 10.6. The lowest BCUT2D eigenvalue weighted by atomic mass is 10.1. The number of benzene rings is 2. The summed E-state index contributed by atoms with van der Waals surface area (Å²) in [6.07, 6.45) is 1.48. The average Bonchev–Trinajstić information content (AvgIpc) is 2.54. The second-order valence-corrected chi connectivity index (χ2v) is 4.92. The van der Waals surface area contributed by atoms with Crippen molar-refractivity contribution < 1.29 is 14.3 Å². The number of hydrogen-bond acceptors (Lipinski definition) is 4. The number of aryl methyl sites for hydroxylation is 1. The van der Waals surface area contributed by atoms with Gasteiger partial charge in [0.2, 0.25) is 0 Å². The fourth-order valence-electron chi connectivity index (χ4n) is 1.90. The van der Waals surface area contributed by atoms with Crippen LogP contribution in [0.4, 0.5) is 4.79 Å². The third-order valence-electron chi connectivity index (χ3n) is 3.09. The molecule has 3 N–H and O–H groups in total. The molecule has 0 fully saturated rings. The van der Waals surface area contributed by atoms with Crippen molar-refractivity contribution in [2.24, 2.45) is 10.8 Å². The highest BCUT2D eigenvalue weighted by Crippen LogP contribution is 2.28. The van der Waals surface area contributed by atoms with Crippen LogP contribution in [0.15, 0.2) is 47.6 Å². The van der Waals surface area contributed by atoms with Crippen molar-refractivity contribution in [3.8, 4) is 11.5 Å². The summed E-state index contributed by atoms with van der Waals surface area (Å²) in [6, 6.07) is 12.7. The highest BCUT2D eigenvalue weighted by molar-refractivity contribution is 5.82. The number of carbonyl (C=O) groups is 1. The zero-order valence-corrected chi connectivity index (χ0v) is 13.1. The number of nitrogens with zero attached hydrogens (tertiary/aromatic N) is 1. The summed E-state index contributed by atoms with van der Waals surface area (Å²) in [6.45, 7) is 2.47. The van der Waals surface area contributed by atoms with E-state index in [-0.39, 0.29) is 0 Å². The zero-order chi connectivity index (χ0) is 16.7. The Hall–Kier alpha value is -3.02. The minimum atomic E-state index is -0.717. The Morgan fingerprint density at radius 3 is 2.61 bits per heavy atom. The van der Waals surface area contributed by atoms with Crippen LogP contribution in [-0.4, -0.2) is 19.4 Å². The lowest BCUT2D eigenvalue weighted by molar-refractivity contribution is 0.249. The molecule has 0 saturated carbocycles. The highest BCUT2D eigenvalue weighted by atomic mass is 16.5. The monoisotopic (exact) mass is 313 g/mol. The van der Waals surface area contributed by atoms with Gasteiger partial charge >= 0.3 is 6.03 Å². The van der Waals surface area contributed by atoms with E-state index in [0.29, 0.717) is 18.1 Å². The van der Waals surface area contributed by atoms with Crippen LogP contribution in [-0.2, 0) is 6.61 Å². The number of ether oxygens (including phenoxy) is 2. The molecule has 0 spiro atoms. The highest BCUT2D eigenvalue weighted by Gasteiger charge is 2.06. The summed E-state index contributed by atoms with van der Waals surface area (Å²) in [5, 5.41) is 3.72. The number of nitrogens with two attached hydrogens (primary N) is 1. The van der Waals surface area contributed by atoms with Crippen molar-refractivity contribution in [2.75, 3.05) is 7.11 Å². The van der Waals surface area contributed by atoms with E-state index < -0.39 is 6.03 Å². The Morgan fingerprint density at radius 1 is 1.22 bits per heavy atom. The third-order valence-corrected chi connectivity index (χ3v) is 3.09. The number of hydrogen-bond donors (Lipinski definition) is 2. The summed E-state index contributed by atoms with van der Waals surface area (Å²) < 4.78 is 11.1. The quantitative estimate of drug-likeness (QED) is 0.635. The van der Waals surface area contributed by atoms with Gasteiger partial charge in [0.15, 0.2) is 11.5 Å². The second-order valence-electron chi connectivity index (χ2n) is 4.92. The first-order valence-electron chi connectivity index (χ1n) is 7.03. The number of urea groups is 1. The minimum Gasteiger partial charge on any atom is -0.493 e. The van der Waals surface area contributed by atoms with E-state index in [0.717, 1.165) is 11.1 Å². The Labute approximate surface area is 134 Å². The van der Waals surface area contributed by atoms with Gasteiger partial charge in [-0.1, -0.05) is 29.8 Å². The number of rotatable bonds is 6. The SMILES string of the molecule is COc1ccc(/C=N\NC(N)=O)cc1OCc1ccc(C)cc1. The molecular weight excluding hydrogens is 294 g/mol. The van der Waals surface area contributed by atoms with Crippen LogP contribution in [0.2, 0.25) is 0 Å². The first-order valence-corrected chi connectivity index (χ1v) is 7.03. The van der Waals surface area contributed by atoms with Crippen LogP contribution in [0.5, 0.6) is 11.5 Å². The molecule has 0 aliphatic carbocycles. The van der Waals surface area contributed by atoms with Gasteiger partial charge in [-0.05, 0) is 36.2 Å². The Morgan fingerprint density at radius 2 is 1.96 bits per heavy atom. The van der Waals surface area contributed by atoms with Crippen molar-refractivity contribution >= 4 is 12.2 Å². The van der Waals surface area contributed by atoms with E-state index in [1.165, 1.54) is 11.8 Å².